The maximum atomic E-state index is 14.9. The normalized spacial score (nSPS) is 12.9. The standard InChI is InChI=1S/C19H18FN5O.CHN/c1-9-13(6-23-8-15(9)21)12-4-11-5-16(25-19(26)10-2-3-10)24-7-14(11)18(22)17(12)20;1-2/h4-8,10H,2-3,21-22H2,1H3,(H,24,25,26);1H. The van der Waals surface area contributed by atoms with Crippen LogP contribution in [0.4, 0.5) is 21.6 Å². The van der Waals surface area contributed by atoms with E-state index in [1.807, 2.05) is 0 Å². The molecule has 4 rings (SSSR count). The van der Waals surface area contributed by atoms with E-state index in [9.17, 15) is 9.18 Å². The van der Waals surface area contributed by atoms with Crippen molar-refractivity contribution in [3.8, 4) is 17.7 Å². The van der Waals surface area contributed by atoms with Crippen LogP contribution >= 0.6 is 0 Å². The minimum absolute atomic E-state index is 0.00638. The van der Waals surface area contributed by atoms with Crippen molar-refractivity contribution in [3.63, 3.8) is 0 Å². The summed E-state index contributed by atoms with van der Waals surface area (Å²) >= 11 is 0. The minimum atomic E-state index is -0.537. The largest absolute Gasteiger partial charge is 0.397 e. The highest BCUT2D eigenvalue weighted by molar-refractivity contribution is 6.00. The number of amides is 1. The molecule has 0 saturated heterocycles. The van der Waals surface area contributed by atoms with Gasteiger partial charge in [0.05, 0.1) is 17.6 Å². The quantitative estimate of drug-likeness (QED) is 0.599. The monoisotopic (exact) mass is 378 g/mol. The van der Waals surface area contributed by atoms with Gasteiger partial charge in [0.1, 0.15) is 5.82 Å². The molecule has 1 aliphatic carbocycles. The van der Waals surface area contributed by atoms with Crippen LogP contribution in [0, 0.1) is 30.5 Å². The van der Waals surface area contributed by atoms with E-state index in [4.69, 9.17) is 16.7 Å². The Morgan fingerprint density at radius 2 is 1.93 bits per heavy atom. The van der Waals surface area contributed by atoms with Gasteiger partial charge in [-0.15, -0.1) is 0 Å². The summed E-state index contributed by atoms with van der Waals surface area (Å²) in [4.78, 5) is 20.2. The second-order valence-corrected chi connectivity index (χ2v) is 6.61. The number of nitrogens with two attached hydrogens (primary N) is 2. The number of fused-ring (bicyclic) bond motifs is 1. The van der Waals surface area contributed by atoms with Gasteiger partial charge in [-0.1, -0.05) is 0 Å². The van der Waals surface area contributed by atoms with Crippen LogP contribution in [0.3, 0.4) is 0 Å². The molecular weight excluding hydrogens is 359 g/mol. The molecule has 1 aromatic carbocycles. The van der Waals surface area contributed by atoms with Crippen LogP contribution < -0.4 is 16.8 Å². The van der Waals surface area contributed by atoms with Gasteiger partial charge < -0.3 is 16.8 Å². The number of hydrogen-bond acceptors (Lipinski definition) is 6. The molecule has 8 heteroatoms. The summed E-state index contributed by atoms with van der Waals surface area (Å²) in [5, 5.41) is 10.5. The van der Waals surface area contributed by atoms with Gasteiger partial charge in [0.15, 0.2) is 5.82 Å². The SMILES string of the molecule is C#N.Cc1c(N)cncc1-c1cc2cc(NC(=O)C3CC3)ncc2c(N)c1F. The first-order chi connectivity index (χ1) is 13.5. The van der Waals surface area contributed by atoms with Crippen LogP contribution in [0.2, 0.25) is 0 Å². The zero-order valence-electron chi connectivity index (χ0n) is 15.2. The Labute approximate surface area is 161 Å². The van der Waals surface area contributed by atoms with Crippen molar-refractivity contribution in [1.29, 1.82) is 5.26 Å². The van der Waals surface area contributed by atoms with Crippen LogP contribution in [0.5, 0.6) is 0 Å². The highest BCUT2D eigenvalue weighted by Gasteiger charge is 2.29. The number of halogens is 1. The molecular formula is C20H19FN6O. The van der Waals surface area contributed by atoms with E-state index in [1.54, 1.807) is 25.3 Å². The molecule has 0 unspecified atom stereocenters. The van der Waals surface area contributed by atoms with Crippen molar-refractivity contribution < 1.29 is 9.18 Å². The molecule has 1 amide bonds. The van der Waals surface area contributed by atoms with Crippen LogP contribution in [-0.4, -0.2) is 15.9 Å². The van der Waals surface area contributed by atoms with E-state index in [0.717, 1.165) is 18.4 Å². The predicted octanol–water partition coefficient (Wildman–Crippen LogP) is 3.40. The van der Waals surface area contributed by atoms with Crippen LogP contribution in [-0.2, 0) is 4.79 Å². The van der Waals surface area contributed by atoms with Gasteiger partial charge in [0.2, 0.25) is 5.91 Å². The fraction of sp³-hybridized carbons (Fsp3) is 0.200. The number of nitrogen functional groups attached to an aromatic ring is 2. The van der Waals surface area contributed by atoms with Crippen molar-refractivity contribution in [3.05, 3.63) is 42.1 Å². The van der Waals surface area contributed by atoms with Crippen molar-refractivity contribution in [2.75, 3.05) is 16.8 Å². The number of carbonyl (C=O) groups excluding carboxylic acids is 1. The summed E-state index contributed by atoms with van der Waals surface area (Å²) in [6.07, 6.45) is 6.38. The van der Waals surface area contributed by atoms with Crippen LogP contribution in [0.15, 0.2) is 30.7 Å². The zero-order chi connectivity index (χ0) is 20.4. The maximum absolute atomic E-state index is 14.9. The molecule has 5 N–H and O–H groups in total. The maximum Gasteiger partial charge on any atom is 0.228 e. The summed E-state index contributed by atoms with van der Waals surface area (Å²) < 4.78 is 14.9. The van der Waals surface area contributed by atoms with Crippen molar-refractivity contribution >= 4 is 33.9 Å². The van der Waals surface area contributed by atoms with Gasteiger partial charge in [0.25, 0.3) is 0 Å². The molecule has 28 heavy (non-hydrogen) atoms. The highest BCUT2D eigenvalue weighted by Crippen LogP contribution is 2.36. The van der Waals surface area contributed by atoms with Gasteiger partial charge >= 0.3 is 0 Å². The molecule has 0 radical (unpaired) electrons. The molecule has 2 aromatic heterocycles. The third-order valence-electron chi connectivity index (χ3n) is 4.74. The lowest BCUT2D eigenvalue weighted by molar-refractivity contribution is -0.117. The number of nitrogens with zero attached hydrogens (tertiary/aromatic N) is 3. The molecule has 142 valence electrons. The number of nitriles is 1. The summed E-state index contributed by atoms with van der Waals surface area (Å²) in [7, 11) is 0. The number of benzene rings is 1. The van der Waals surface area contributed by atoms with Gasteiger partial charge in [-0.3, -0.25) is 9.78 Å². The Balaban J connectivity index is 0.00000109. The molecule has 2 heterocycles. The van der Waals surface area contributed by atoms with E-state index in [2.05, 4.69) is 21.9 Å². The third-order valence-corrected chi connectivity index (χ3v) is 4.74. The van der Waals surface area contributed by atoms with Crippen molar-refractivity contribution in [1.82, 2.24) is 9.97 Å². The number of hydrogen-bond donors (Lipinski definition) is 3. The smallest absolute Gasteiger partial charge is 0.228 e. The highest BCUT2D eigenvalue weighted by atomic mass is 19.1. The molecule has 1 fully saturated rings. The molecule has 1 aliphatic rings. The van der Waals surface area contributed by atoms with E-state index >= 15 is 0 Å². The van der Waals surface area contributed by atoms with Crippen LogP contribution in [0.1, 0.15) is 18.4 Å². The number of nitrogens with one attached hydrogen (secondary N) is 1. The molecule has 0 aliphatic heterocycles. The predicted molar refractivity (Wildman–Crippen MR) is 107 cm³/mol. The zero-order valence-corrected chi connectivity index (χ0v) is 15.2. The van der Waals surface area contributed by atoms with E-state index in [0.29, 0.717) is 33.4 Å². The molecule has 7 nitrogen and oxygen atoms in total. The lowest BCUT2D eigenvalue weighted by Gasteiger charge is -2.13. The molecule has 3 aromatic rings. The fourth-order valence-corrected chi connectivity index (χ4v) is 2.95. The number of rotatable bonds is 3. The summed E-state index contributed by atoms with van der Waals surface area (Å²) in [5.41, 5.74) is 14.0. The lowest BCUT2D eigenvalue weighted by Crippen LogP contribution is -2.14. The topological polar surface area (TPSA) is 131 Å². The Bertz CT molecular complexity index is 1090. The average Bonchev–Trinajstić information content (AvgIpc) is 3.54. The van der Waals surface area contributed by atoms with Crippen LogP contribution in [0.25, 0.3) is 21.9 Å². The summed E-state index contributed by atoms with van der Waals surface area (Å²) in [6, 6.07) is 3.38. The molecule has 0 bridgehead atoms. The minimum Gasteiger partial charge on any atom is -0.397 e. The van der Waals surface area contributed by atoms with E-state index in [1.165, 1.54) is 12.4 Å². The van der Waals surface area contributed by atoms with Crippen molar-refractivity contribution in [2.24, 2.45) is 5.92 Å². The molecule has 0 atom stereocenters. The Morgan fingerprint density at radius 3 is 2.61 bits per heavy atom. The van der Waals surface area contributed by atoms with E-state index in [-0.39, 0.29) is 17.5 Å². The number of carbonyl (C=O) groups is 1. The number of pyridine rings is 2. The first-order valence-electron chi connectivity index (χ1n) is 8.60. The second kappa shape index (κ2) is 7.48. The first-order valence-corrected chi connectivity index (χ1v) is 8.60. The summed E-state index contributed by atoms with van der Waals surface area (Å²) in [6.45, 7) is 5.31. The van der Waals surface area contributed by atoms with Gasteiger partial charge in [-0.05, 0) is 42.8 Å². The lowest BCUT2D eigenvalue weighted by atomic mass is 9.97. The van der Waals surface area contributed by atoms with Gasteiger partial charge in [-0.2, -0.15) is 0 Å². The first kappa shape index (κ1) is 19.0. The second-order valence-electron chi connectivity index (χ2n) is 6.61. The Hall–Kier alpha value is -3.73. The molecule has 0 spiro atoms. The summed E-state index contributed by atoms with van der Waals surface area (Å²) in [5.74, 6) is -0.0799. The number of anilines is 3. The van der Waals surface area contributed by atoms with Gasteiger partial charge in [0, 0.05) is 41.4 Å². The third kappa shape index (κ3) is 3.42. The Kier molecular flexibility index (Phi) is 5.09. The molecule has 1 saturated carbocycles. The number of aromatic nitrogens is 2. The Morgan fingerprint density at radius 1 is 1.21 bits per heavy atom. The average molecular weight is 378 g/mol. The fourth-order valence-electron chi connectivity index (χ4n) is 2.95. The van der Waals surface area contributed by atoms with Gasteiger partial charge in [-0.25, -0.2) is 14.6 Å². The van der Waals surface area contributed by atoms with Crippen molar-refractivity contribution in [2.45, 2.75) is 19.8 Å². The van der Waals surface area contributed by atoms with E-state index < -0.39 is 5.82 Å².